The van der Waals surface area contributed by atoms with Gasteiger partial charge in [0, 0.05) is 12.4 Å². The number of rotatable bonds is 10. The fourth-order valence-corrected chi connectivity index (χ4v) is 4.72. The zero-order valence-corrected chi connectivity index (χ0v) is 19.5. The fraction of sp³-hybridized carbons (Fsp3) is 0.455. The Morgan fingerprint density at radius 1 is 1.12 bits per heavy atom. The number of benzene rings is 1. The summed E-state index contributed by atoms with van der Waals surface area (Å²) in [6.07, 6.45) is -1.58. The SMILES string of the molecule is CC(C)OC(=O)[C@H](C)N[P@](=O)(OC[C@H]1O[C@@H](c2ccncc2)[C@H](O)[C@@H]1O)Oc1ccccc1. The van der Waals surface area contributed by atoms with Gasteiger partial charge in [0.05, 0.1) is 12.7 Å². The van der Waals surface area contributed by atoms with Crippen molar-refractivity contribution >= 4 is 13.7 Å². The Morgan fingerprint density at radius 2 is 1.79 bits per heavy atom. The Bertz CT molecular complexity index is 946. The highest BCUT2D eigenvalue weighted by Gasteiger charge is 2.45. The van der Waals surface area contributed by atoms with Crippen molar-refractivity contribution < 1.29 is 38.1 Å². The van der Waals surface area contributed by atoms with Gasteiger partial charge < -0.3 is 24.2 Å². The predicted molar refractivity (Wildman–Crippen MR) is 118 cm³/mol. The number of aliphatic hydroxyl groups excluding tert-OH is 2. The monoisotopic (exact) mass is 480 g/mol. The van der Waals surface area contributed by atoms with Crippen LogP contribution in [0.5, 0.6) is 5.75 Å². The molecule has 2 aromatic rings. The minimum atomic E-state index is -4.12. The normalized spacial score (nSPS) is 25.4. The highest BCUT2D eigenvalue weighted by atomic mass is 31.2. The topological polar surface area (TPSA) is 136 Å². The van der Waals surface area contributed by atoms with Crippen LogP contribution in [0.15, 0.2) is 54.9 Å². The number of nitrogens with one attached hydrogen (secondary N) is 1. The maximum absolute atomic E-state index is 13.5. The second-order valence-corrected chi connectivity index (χ2v) is 9.58. The van der Waals surface area contributed by atoms with Crippen molar-refractivity contribution in [1.29, 1.82) is 0 Å². The molecule has 1 fully saturated rings. The van der Waals surface area contributed by atoms with Crippen molar-refractivity contribution in [3.05, 3.63) is 60.4 Å². The molecule has 2 heterocycles. The Hall–Kier alpha value is -2.33. The van der Waals surface area contributed by atoms with Gasteiger partial charge in [0.1, 0.15) is 36.2 Å². The molecular formula is C22H29N2O8P. The number of aromatic nitrogens is 1. The van der Waals surface area contributed by atoms with Crippen LogP contribution >= 0.6 is 7.75 Å². The number of aliphatic hydroxyl groups is 2. The fourth-order valence-electron chi connectivity index (χ4n) is 3.22. The van der Waals surface area contributed by atoms with Gasteiger partial charge in [-0.15, -0.1) is 0 Å². The lowest BCUT2D eigenvalue weighted by atomic mass is 10.0. The molecule has 3 N–H and O–H groups in total. The van der Waals surface area contributed by atoms with E-state index >= 15 is 0 Å². The lowest BCUT2D eigenvalue weighted by molar-refractivity contribution is -0.149. The third-order valence-electron chi connectivity index (χ3n) is 4.83. The third kappa shape index (κ3) is 6.83. The van der Waals surface area contributed by atoms with Crippen molar-refractivity contribution in [3.63, 3.8) is 0 Å². The van der Waals surface area contributed by atoms with Crippen LogP contribution in [0.1, 0.15) is 32.4 Å². The number of para-hydroxylation sites is 1. The summed E-state index contributed by atoms with van der Waals surface area (Å²) in [4.78, 5) is 16.1. The molecule has 0 amide bonds. The number of carbonyl (C=O) groups excluding carboxylic acids is 1. The Balaban J connectivity index is 1.71. The van der Waals surface area contributed by atoms with Gasteiger partial charge in [-0.3, -0.25) is 14.3 Å². The number of nitrogens with zero attached hydrogens (tertiary/aromatic N) is 1. The van der Waals surface area contributed by atoms with Crippen LogP contribution < -0.4 is 9.61 Å². The van der Waals surface area contributed by atoms with Crippen molar-refractivity contribution in [1.82, 2.24) is 10.1 Å². The average molecular weight is 480 g/mol. The zero-order chi connectivity index (χ0) is 24.0. The van der Waals surface area contributed by atoms with Crippen molar-refractivity contribution in [2.75, 3.05) is 6.61 Å². The van der Waals surface area contributed by atoms with E-state index in [-0.39, 0.29) is 18.5 Å². The zero-order valence-electron chi connectivity index (χ0n) is 18.6. The van der Waals surface area contributed by atoms with Crippen LogP contribution in [0.4, 0.5) is 0 Å². The maximum atomic E-state index is 13.5. The van der Waals surface area contributed by atoms with E-state index in [9.17, 15) is 19.6 Å². The van der Waals surface area contributed by atoms with Crippen LogP contribution in [0.3, 0.4) is 0 Å². The Morgan fingerprint density at radius 3 is 2.42 bits per heavy atom. The lowest BCUT2D eigenvalue weighted by Crippen LogP contribution is -2.38. The molecule has 180 valence electrons. The van der Waals surface area contributed by atoms with Gasteiger partial charge in [-0.2, -0.15) is 5.09 Å². The summed E-state index contributed by atoms with van der Waals surface area (Å²) >= 11 is 0. The maximum Gasteiger partial charge on any atom is 0.459 e. The van der Waals surface area contributed by atoms with E-state index in [1.165, 1.54) is 6.92 Å². The molecular weight excluding hydrogens is 451 g/mol. The van der Waals surface area contributed by atoms with Crippen LogP contribution in [-0.4, -0.2) is 58.2 Å². The number of carbonyl (C=O) groups is 1. The van der Waals surface area contributed by atoms with E-state index in [0.717, 1.165) is 0 Å². The summed E-state index contributed by atoms with van der Waals surface area (Å²) in [5.74, 6) is -0.379. The molecule has 0 spiro atoms. The molecule has 0 saturated carbocycles. The minimum Gasteiger partial charge on any atom is -0.462 e. The van der Waals surface area contributed by atoms with E-state index in [1.807, 2.05) is 0 Å². The lowest BCUT2D eigenvalue weighted by Gasteiger charge is -2.25. The van der Waals surface area contributed by atoms with E-state index < -0.39 is 44.2 Å². The average Bonchev–Trinajstić information content (AvgIpc) is 3.07. The summed E-state index contributed by atoms with van der Waals surface area (Å²) in [6, 6.07) is 10.6. The number of esters is 1. The molecule has 0 radical (unpaired) electrons. The molecule has 1 aromatic carbocycles. The standard InChI is InChI=1S/C22H29N2O8P/c1-14(2)30-22(27)15(3)24-33(28,32-17-7-5-4-6-8-17)29-13-18-19(25)20(26)21(31-18)16-9-11-23-12-10-16/h4-12,14-15,18-21,25-26H,13H2,1-3H3,(H,24,28)/t15-,18+,19+,20+,21-,33-/m0/s1. The Labute approximate surface area is 192 Å². The van der Waals surface area contributed by atoms with Gasteiger partial charge in [-0.25, -0.2) is 4.57 Å². The second-order valence-electron chi connectivity index (χ2n) is 7.89. The van der Waals surface area contributed by atoms with Crippen LogP contribution in [0.2, 0.25) is 0 Å². The number of hydrogen-bond acceptors (Lipinski definition) is 9. The summed E-state index contributed by atoms with van der Waals surface area (Å²) in [5, 5.41) is 23.4. The molecule has 0 bridgehead atoms. The third-order valence-corrected chi connectivity index (χ3v) is 6.48. The molecule has 0 aliphatic carbocycles. The van der Waals surface area contributed by atoms with E-state index in [2.05, 4.69) is 10.1 Å². The first kappa shape index (κ1) is 25.3. The molecule has 10 nitrogen and oxygen atoms in total. The van der Waals surface area contributed by atoms with Gasteiger partial charge in [0.2, 0.25) is 0 Å². The van der Waals surface area contributed by atoms with Crippen molar-refractivity contribution in [2.24, 2.45) is 0 Å². The molecule has 0 unspecified atom stereocenters. The van der Waals surface area contributed by atoms with Crippen LogP contribution in [0, 0.1) is 0 Å². The molecule has 11 heteroatoms. The van der Waals surface area contributed by atoms with E-state index in [0.29, 0.717) is 5.56 Å². The number of hydrogen-bond donors (Lipinski definition) is 3. The highest BCUT2D eigenvalue weighted by molar-refractivity contribution is 7.52. The van der Waals surface area contributed by atoms with Crippen LogP contribution in [0.25, 0.3) is 0 Å². The van der Waals surface area contributed by atoms with Gasteiger partial charge in [0.25, 0.3) is 0 Å². The molecule has 1 aliphatic rings. The van der Waals surface area contributed by atoms with E-state index in [4.69, 9.17) is 18.5 Å². The van der Waals surface area contributed by atoms with Gasteiger partial charge in [-0.05, 0) is 50.6 Å². The van der Waals surface area contributed by atoms with Crippen molar-refractivity contribution in [2.45, 2.75) is 57.3 Å². The van der Waals surface area contributed by atoms with Crippen molar-refractivity contribution in [3.8, 4) is 5.75 Å². The molecule has 3 rings (SSSR count). The second kappa shape index (κ2) is 11.2. The van der Waals surface area contributed by atoms with Gasteiger partial charge in [0.15, 0.2) is 0 Å². The van der Waals surface area contributed by atoms with Gasteiger partial charge in [-0.1, -0.05) is 18.2 Å². The quantitative estimate of drug-likeness (QED) is 0.343. The largest absolute Gasteiger partial charge is 0.462 e. The predicted octanol–water partition coefficient (Wildman–Crippen LogP) is 2.38. The van der Waals surface area contributed by atoms with Crippen LogP contribution in [-0.2, 0) is 23.4 Å². The summed E-state index contributed by atoms with van der Waals surface area (Å²) in [6.45, 7) is 4.50. The summed E-state index contributed by atoms with van der Waals surface area (Å²) in [5.41, 5.74) is 0.631. The Kier molecular flexibility index (Phi) is 8.58. The summed E-state index contributed by atoms with van der Waals surface area (Å²) < 4.78 is 35.5. The number of pyridine rings is 1. The first-order valence-electron chi connectivity index (χ1n) is 10.6. The smallest absolute Gasteiger partial charge is 0.459 e. The molecule has 1 aliphatic heterocycles. The summed E-state index contributed by atoms with van der Waals surface area (Å²) in [7, 11) is -4.12. The first-order chi connectivity index (χ1) is 15.7. The molecule has 33 heavy (non-hydrogen) atoms. The first-order valence-corrected chi connectivity index (χ1v) is 12.1. The number of ether oxygens (including phenoxy) is 2. The highest BCUT2D eigenvalue weighted by Crippen LogP contribution is 2.46. The van der Waals surface area contributed by atoms with E-state index in [1.54, 1.807) is 68.7 Å². The molecule has 6 atom stereocenters. The molecule has 1 aromatic heterocycles. The molecule has 1 saturated heterocycles. The van der Waals surface area contributed by atoms with Gasteiger partial charge >= 0.3 is 13.7 Å². The minimum absolute atomic E-state index is 0.250.